The van der Waals surface area contributed by atoms with Gasteiger partial charge in [-0.1, -0.05) is 0 Å². The van der Waals surface area contributed by atoms with Gasteiger partial charge >= 0.3 is 6.01 Å². The Bertz CT molecular complexity index is 737. The molecule has 0 aliphatic heterocycles. The zero-order chi connectivity index (χ0) is 15.1. The molecule has 3 N–H and O–H groups in total. The lowest BCUT2D eigenvalue weighted by atomic mass is 10.1. The summed E-state index contributed by atoms with van der Waals surface area (Å²) in [6, 6.07) is 1.71. The smallest absolute Gasteiger partial charge is 0.309 e. The number of rotatable bonds is 3. The fraction of sp³-hybridized carbons (Fsp3) is 0.308. The van der Waals surface area contributed by atoms with Gasteiger partial charge < -0.3 is 10.2 Å². The Labute approximate surface area is 118 Å². The van der Waals surface area contributed by atoms with Gasteiger partial charge in [0.05, 0.1) is 10.6 Å². The van der Waals surface area contributed by atoms with Crippen molar-refractivity contribution in [3.63, 3.8) is 0 Å². The monoisotopic (exact) mass is 295 g/mol. The zero-order valence-electron chi connectivity index (χ0n) is 11.8. The first-order chi connectivity index (χ1) is 9.22. The molecule has 0 spiro atoms. The third-order valence-corrected chi connectivity index (χ3v) is 4.78. The molecule has 0 aliphatic carbocycles. The van der Waals surface area contributed by atoms with E-state index in [0.29, 0.717) is 22.5 Å². The summed E-state index contributed by atoms with van der Waals surface area (Å²) < 4.78 is 32.3. The van der Waals surface area contributed by atoms with E-state index in [2.05, 4.69) is 9.71 Å². The minimum absolute atomic E-state index is 0.0543. The van der Waals surface area contributed by atoms with Crippen LogP contribution >= 0.6 is 0 Å². The molecule has 0 atom stereocenters. The van der Waals surface area contributed by atoms with E-state index < -0.39 is 10.0 Å². The summed E-state index contributed by atoms with van der Waals surface area (Å²) in [7, 11) is -3.79. The van der Waals surface area contributed by atoms with Crippen LogP contribution in [0.4, 0.5) is 11.7 Å². The van der Waals surface area contributed by atoms with Crippen LogP contribution < -0.4 is 10.5 Å². The van der Waals surface area contributed by atoms with Crippen LogP contribution in [0.15, 0.2) is 21.6 Å². The van der Waals surface area contributed by atoms with Gasteiger partial charge in [-0.25, -0.2) is 13.1 Å². The molecule has 1 aromatic carbocycles. The maximum atomic E-state index is 12.5. The maximum absolute atomic E-state index is 12.5. The molecular formula is C13H17N3O3S. The Kier molecular flexibility index (Phi) is 3.47. The predicted octanol–water partition coefficient (Wildman–Crippen LogP) is 2.29. The third-order valence-electron chi connectivity index (χ3n) is 3.19. The zero-order valence-corrected chi connectivity index (χ0v) is 12.6. The number of aryl methyl sites for hydroxylation is 2. The Hall–Kier alpha value is -2.02. The molecule has 1 aromatic heterocycles. The minimum atomic E-state index is -3.79. The van der Waals surface area contributed by atoms with Crippen LogP contribution in [0.5, 0.6) is 0 Å². The van der Waals surface area contributed by atoms with Gasteiger partial charge in [-0.15, -0.1) is 0 Å². The summed E-state index contributed by atoms with van der Waals surface area (Å²) >= 11 is 0. The highest BCUT2D eigenvalue weighted by atomic mass is 32.2. The van der Waals surface area contributed by atoms with Gasteiger partial charge in [-0.05, 0) is 50.5 Å². The van der Waals surface area contributed by atoms with Gasteiger partial charge in [0.15, 0.2) is 0 Å². The Morgan fingerprint density at radius 1 is 1.20 bits per heavy atom. The number of benzene rings is 1. The first-order valence-corrected chi connectivity index (χ1v) is 7.52. The molecular weight excluding hydrogens is 278 g/mol. The highest BCUT2D eigenvalue weighted by molar-refractivity contribution is 7.92. The number of hydrogen-bond acceptors (Lipinski definition) is 5. The van der Waals surface area contributed by atoms with Gasteiger partial charge in [0.25, 0.3) is 10.0 Å². The number of nitrogen functional groups attached to an aromatic ring is 1. The van der Waals surface area contributed by atoms with Crippen LogP contribution in [-0.2, 0) is 10.0 Å². The van der Waals surface area contributed by atoms with E-state index in [9.17, 15) is 8.42 Å². The lowest BCUT2D eigenvalue weighted by molar-refractivity contribution is 0.569. The van der Waals surface area contributed by atoms with Crippen LogP contribution in [0.25, 0.3) is 0 Å². The van der Waals surface area contributed by atoms with Crippen LogP contribution in [0.3, 0.4) is 0 Å². The second-order valence-corrected chi connectivity index (χ2v) is 6.38. The quantitative estimate of drug-likeness (QED) is 0.846. The third kappa shape index (κ3) is 2.49. The van der Waals surface area contributed by atoms with E-state index in [1.807, 2.05) is 6.92 Å². The van der Waals surface area contributed by atoms with Crippen molar-refractivity contribution in [2.45, 2.75) is 32.6 Å². The van der Waals surface area contributed by atoms with Gasteiger partial charge in [-0.2, -0.15) is 4.98 Å². The fourth-order valence-electron chi connectivity index (χ4n) is 2.01. The average molecular weight is 295 g/mol. The lowest BCUT2D eigenvalue weighted by Gasteiger charge is -2.15. The van der Waals surface area contributed by atoms with E-state index in [-0.39, 0.29) is 10.9 Å². The molecule has 2 aromatic rings. The second kappa shape index (κ2) is 4.82. The van der Waals surface area contributed by atoms with Crippen molar-refractivity contribution in [1.82, 2.24) is 4.98 Å². The molecule has 6 nitrogen and oxygen atoms in total. The number of nitrogens with two attached hydrogens (primary N) is 1. The predicted molar refractivity (Wildman–Crippen MR) is 77.1 cm³/mol. The Morgan fingerprint density at radius 3 is 2.40 bits per heavy atom. The molecule has 108 valence electrons. The average Bonchev–Trinajstić information content (AvgIpc) is 2.71. The first kappa shape index (κ1) is 14.4. The molecule has 0 aliphatic rings. The standard InChI is InChI=1S/C13H17N3O3S/c1-7-5-11(14)10(4)12(9(7)3)20(17,18)16-13-15-8(2)6-19-13/h5-6H,14H2,1-4H3,(H,15,16). The largest absolute Gasteiger partial charge is 0.431 e. The number of hydrogen-bond donors (Lipinski definition) is 2. The lowest BCUT2D eigenvalue weighted by Crippen LogP contribution is -2.17. The normalized spacial score (nSPS) is 11.6. The number of oxazole rings is 1. The Morgan fingerprint density at radius 2 is 1.85 bits per heavy atom. The topological polar surface area (TPSA) is 98.2 Å². The molecule has 0 saturated heterocycles. The number of nitrogens with zero attached hydrogens (tertiary/aromatic N) is 1. The van der Waals surface area contributed by atoms with Gasteiger partial charge in [0, 0.05) is 5.69 Å². The van der Waals surface area contributed by atoms with Crippen molar-refractivity contribution in [1.29, 1.82) is 0 Å². The summed E-state index contributed by atoms with van der Waals surface area (Å²) in [6.45, 7) is 6.95. The highest BCUT2D eigenvalue weighted by Gasteiger charge is 2.24. The van der Waals surface area contributed by atoms with Crippen LogP contribution in [0.1, 0.15) is 22.4 Å². The maximum Gasteiger partial charge on any atom is 0.309 e. The van der Waals surface area contributed by atoms with Crippen LogP contribution in [0.2, 0.25) is 0 Å². The summed E-state index contributed by atoms with van der Waals surface area (Å²) in [5, 5.41) is 0. The molecule has 20 heavy (non-hydrogen) atoms. The van der Waals surface area contributed by atoms with Gasteiger partial charge in [0.2, 0.25) is 0 Å². The molecule has 0 bridgehead atoms. The van der Waals surface area contributed by atoms with Crippen molar-refractivity contribution < 1.29 is 12.8 Å². The van der Waals surface area contributed by atoms with Gasteiger partial charge in [0.1, 0.15) is 6.26 Å². The summed E-state index contributed by atoms with van der Waals surface area (Å²) in [4.78, 5) is 4.11. The van der Waals surface area contributed by atoms with Crippen LogP contribution in [0, 0.1) is 27.7 Å². The fourth-order valence-corrected chi connectivity index (χ4v) is 3.52. The molecule has 2 rings (SSSR count). The number of nitrogens with one attached hydrogen (secondary N) is 1. The van der Waals surface area contributed by atoms with Crippen molar-refractivity contribution in [3.8, 4) is 0 Å². The molecule has 7 heteroatoms. The molecule has 0 unspecified atom stereocenters. The molecule has 0 saturated carbocycles. The summed E-state index contributed by atoms with van der Waals surface area (Å²) in [5.74, 6) is 0. The van der Waals surface area contributed by atoms with E-state index in [0.717, 1.165) is 5.56 Å². The number of anilines is 2. The van der Waals surface area contributed by atoms with E-state index in [1.54, 1.807) is 26.8 Å². The highest BCUT2D eigenvalue weighted by Crippen LogP contribution is 2.29. The summed E-state index contributed by atoms with van der Waals surface area (Å²) in [5.41, 5.74) is 8.89. The molecule has 1 heterocycles. The minimum Gasteiger partial charge on any atom is -0.431 e. The summed E-state index contributed by atoms with van der Waals surface area (Å²) in [6.07, 6.45) is 1.38. The molecule has 0 amide bonds. The van der Waals surface area contributed by atoms with E-state index >= 15 is 0 Å². The molecule has 0 radical (unpaired) electrons. The van der Waals surface area contributed by atoms with Crippen LogP contribution in [-0.4, -0.2) is 13.4 Å². The molecule has 0 fully saturated rings. The second-order valence-electron chi connectivity index (χ2n) is 4.76. The van der Waals surface area contributed by atoms with E-state index in [1.165, 1.54) is 6.26 Å². The van der Waals surface area contributed by atoms with Crippen molar-refractivity contribution in [2.24, 2.45) is 0 Å². The van der Waals surface area contributed by atoms with Crippen molar-refractivity contribution >= 4 is 21.7 Å². The Balaban J connectivity index is 2.55. The number of aromatic nitrogens is 1. The van der Waals surface area contributed by atoms with E-state index in [4.69, 9.17) is 10.2 Å². The first-order valence-electron chi connectivity index (χ1n) is 6.03. The van der Waals surface area contributed by atoms with Gasteiger partial charge in [-0.3, -0.25) is 0 Å². The number of sulfonamides is 1. The SMILES string of the molecule is Cc1coc(NS(=O)(=O)c2c(C)c(C)cc(N)c2C)n1. The van der Waals surface area contributed by atoms with Crippen molar-refractivity contribution in [3.05, 3.63) is 34.7 Å². The van der Waals surface area contributed by atoms with Crippen molar-refractivity contribution in [2.75, 3.05) is 10.5 Å².